The number of nitrogens with zero attached hydrogens (tertiary/aromatic N) is 1. The summed E-state index contributed by atoms with van der Waals surface area (Å²) in [6.07, 6.45) is 0. The third-order valence-electron chi connectivity index (χ3n) is 4.80. The van der Waals surface area contributed by atoms with E-state index >= 15 is 0 Å². The molecule has 30 heavy (non-hydrogen) atoms. The van der Waals surface area contributed by atoms with Gasteiger partial charge in [0.25, 0.3) is 10.0 Å². The van der Waals surface area contributed by atoms with Gasteiger partial charge >= 0.3 is 6.61 Å². The molecule has 1 saturated heterocycles. The molecule has 2 aromatic carbocycles. The van der Waals surface area contributed by atoms with E-state index < -0.39 is 16.6 Å². The number of hydrogen-bond donors (Lipinski definition) is 2. The van der Waals surface area contributed by atoms with Gasteiger partial charge in [0.1, 0.15) is 5.75 Å². The number of benzene rings is 2. The lowest BCUT2D eigenvalue weighted by Gasteiger charge is -2.34. The normalized spacial score (nSPS) is 16.9. The van der Waals surface area contributed by atoms with E-state index in [1.807, 2.05) is 6.92 Å². The predicted octanol–water partition coefficient (Wildman–Crippen LogP) is 3.93. The van der Waals surface area contributed by atoms with Crippen LogP contribution in [0.15, 0.2) is 41.3 Å². The fourth-order valence-electron chi connectivity index (χ4n) is 3.37. The summed E-state index contributed by atoms with van der Waals surface area (Å²) in [5, 5.41) is 3.36. The Morgan fingerprint density at radius 1 is 1.20 bits per heavy atom. The topological polar surface area (TPSA) is 70.7 Å². The smallest absolute Gasteiger partial charge is 0.387 e. The third kappa shape index (κ3) is 5.74. The summed E-state index contributed by atoms with van der Waals surface area (Å²) >= 11 is 0. The molecule has 1 heterocycles. The number of aryl methyl sites for hydroxylation is 2. The van der Waals surface area contributed by atoms with Crippen LogP contribution < -0.4 is 19.7 Å². The number of nitrogens with one attached hydrogen (secondary N) is 2. The quantitative estimate of drug-likeness (QED) is 0.682. The molecule has 1 atom stereocenters. The molecule has 0 unspecified atom stereocenters. The van der Waals surface area contributed by atoms with E-state index in [4.69, 9.17) is 0 Å². The molecule has 1 aliphatic heterocycles. The minimum atomic E-state index is -4.00. The van der Waals surface area contributed by atoms with Gasteiger partial charge in [-0.3, -0.25) is 4.72 Å². The van der Waals surface area contributed by atoms with Crippen molar-refractivity contribution in [3.05, 3.63) is 47.5 Å². The first-order chi connectivity index (χ1) is 13.7. The zero-order valence-electron chi connectivity index (χ0n) is 17.0. The SMILES string of the molecule is Cc1ccc(OC(F)F)c(NS(=O)(=O)c2ccc(C)c(N3CCN[C@@H](C)C3)c2)c1.Cl. The van der Waals surface area contributed by atoms with Gasteiger partial charge in [0.2, 0.25) is 0 Å². The number of sulfonamides is 1. The number of rotatable bonds is 6. The van der Waals surface area contributed by atoms with Gasteiger partial charge in [-0.05, 0) is 56.2 Å². The van der Waals surface area contributed by atoms with Crippen molar-refractivity contribution < 1.29 is 21.9 Å². The number of halogens is 3. The van der Waals surface area contributed by atoms with Crippen molar-refractivity contribution in [1.82, 2.24) is 5.32 Å². The van der Waals surface area contributed by atoms with Gasteiger partial charge in [0, 0.05) is 31.4 Å². The Bertz CT molecular complexity index is 989. The Balaban J connectivity index is 0.00000320. The van der Waals surface area contributed by atoms with Crippen LogP contribution in [0, 0.1) is 13.8 Å². The lowest BCUT2D eigenvalue weighted by molar-refractivity contribution is -0.0493. The number of piperazine rings is 1. The molecule has 0 radical (unpaired) electrons. The van der Waals surface area contributed by atoms with Crippen molar-refractivity contribution in [2.24, 2.45) is 0 Å². The highest BCUT2D eigenvalue weighted by molar-refractivity contribution is 7.92. The van der Waals surface area contributed by atoms with Gasteiger partial charge in [0.05, 0.1) is 10.6 Å². The summed E-state index contributed by atoms with van der Waals surface area (Å²) in [6, 6.07) is 9.54. The van der Waals surface area contributed by atoms with Gasteiger partial charge in [-0.1, -0.05) is 12.1 Å². The Labute approximate surface area is 182 Å². The molecule has 1 aliphatic rings. The fraction of sp³-hybridized carbons (Fsp3) is 0.400. The first-order valence-electron chi connectivity index (χ1n) is 9.33. The molecule has 2 N–H and O–H groups in total. The minimum Gasteiger partial charge on any atom is -0.433 e. The highest BCUT2D eigenvalue weighted by Crippen LogP contribution is 2.31. The average Bonchev–Trinajstić information content (AvgIpc) is 2.63. The van der Waals surface area contributed by atoms with Gasteiger partial charge in [-0.25, -0.2) is 8.42 Å². The predicted molar refractivity (Wildman–Crippen MR) is 117 cm³/mol. The molecule has 1 fully saturated rings. The minimum absolute atomic E-state index is 0. The number of alkyl halides is 2. The van der Waals surface area contributed by atoms with E-state index in [0.717, 1.165) is 30.9 Å². The second-order valence-electron chi connectivity index (χ2n) is 7.23. The van der Waals surface area contributed by atoms with Crippen LogP contribution in [0.5, 0.6) is 5.75 Å². The van der Waals surface area contributed by atoms with Crippen molar-refractivity contribution in [1.29, 1.82) is 0 Å². The fourth-order valence-corrected chi connectivity index (χ4v) is 4.46. The van der Waals surface area contributed by atoms with Crippen LogP contribution in [-0.4, -0.2) is 40.7 Å². The van der Waals surface area contributed by atoms with E-state index in [0.29, 0.717) is 11.6 Å². The summed E-state index contributed by atoms with van der Waals surface area (Å²) in [5.74, 6) is -0.225. The number of hydrogen-bond acceptors (Lipinski definition) is 5. The maximum atomic E-state index is 13.0. The molecular formula is C20H26ClF2N3O3S. The molecule has 0 spiro atoms. The second-order valence-corrected chi connectivity index (χ2v) is 8.92. The van der Waals surface area contributed by atoms with Gasteiger partial charge in [-0.15, -0.1) is 12.4 Å². The van der Waals surface area contributed by atoms with Gasteiger partial charge in [0.15, 0.2) is 0 Å². The lowest BCUT2D eigenvalue weighted by atomic mass is 10.1. The van der Waals surface area contributed by atoms with Crippen LogP contribution in [0.2, 0.25) is 0 Å². The first kappa shape index (κ1) is 24.2. The molecule has 3 rings (SSSR count). The van der Waals surface area contributed by atoms with Crippen LogP contribution in [-0.2, 0) is 10.0 Å². The van der Waals surface area contributed by atoms with Crippen molar-refractivity contribution in [3.63, 3.8) is 0 Å². The van der Waals surface area contributed by atoms with Crippen molar-refractivity contribution >= 4 is 33.8 Å². The number of anilines is 2. The largest absolute Gasteiger partial charge is 0.433 e. The standard InChI is InChI=1S/C20H25F2N3O3S.ClH/c1-13-4-7-19(28-20(21)22)17(10-13)24-29(26,27)16-6-5-14(2)18(11-16)25-9-8-23-15(3)12-25;/h4-7,10-11,15,20,23-24H,8-9,12H2,1-3H3;1H/t15-;/m0./s1. The highest BCUT2D eigenvalue weighted by Gasteiger charge is 2.22. The molecule has 0 amide bonds. The Morgan fingerprint density at radius 3 is 2.60 bits per heavy atom. The summed E-state index contributed by atoms with van der Waals surface area (Å²) < 4.78 is 58.2. The molecular weight excluding hydrogens is 436 g/mol. The van der Waals surface area contributed by atoms with Gasteiger partial charge in [-0.2, -0.15) is 8.78 Å². The zero-order chi connectivity index (χ0) is 21.2. The van der Waals surface area contributed by atoms with Crippen LogP contribution in [0.25, 0.3) is 0 Å². The monoisotopic (exact) mass is 461 g/mol. The summed E-state index contributed by atoms with van der Waals surface area (Å²) in [5.41, 5.74) is 2.50. The molecule has 0 bridgehead atoms. The molecule has 10 heteroatoms. The maximum absolute atomic E-state index is 13.0. The van der Waals surface area contributed by atoms with Crippen LogP contribution in [0.1, 0.15) is 18.1 Å². The van der Waals surface area contributed by atoms with Crippen LogP contribution in [0.3, 0.4) is 0 Å². The van der Waals surface area contributed by atoms with Crippen molar-refractivity contribution in [2.75, 3.05) is 29.3 Å². The van der Waals surface area contributed by atoms with E-state index in [1.54, 1.807) is 25.1 Å². The molecule has 6 nitrogen and oxygen atoms in total. The lowest BCUT2D eigenvalue weighted by Crippen LogP contribution is -2.49. The second kappa shape index (κ2) is 9.80. The Kier molecular flexibility index (Phi) is 7.90. The van der Waals surface area contributed by atoms with Crippen molar-refractivity contribution in [3.8, 4) is 5.75 Å². The van der Waals surface area contributed by atoms with E-state index in [2.05, 4.69) is 26.6 Å². The summed E-state index contributed by atoms with van der Waals surface area (Å²) in [6.45, 7) is 5.04. The molecule has 0 aromatic heterocycles. The van der Waals surface area contributed by atoms with Gasteiger partial charge < -0.3 is 15.0 Å². The van der Waals surface area contributed by atoms with Crippen LogP contribution >= 0.6 is 12.4 Å². The number of ether oxygens (including phenoxy) is 1. The highest BCUT2D eigenvalue weighted by atomic mass is 35.5. The Hall–Kier alpha value is -2.10. The zero-order valence-corrected chi connectivity index (χ0v) is 18.6. The Morgan fingerprint density at radius 2 is 1.93 bits per heavy atom. The average molecular weight is 462 g/mol. The van der Waals surface area contributed by atoms with Crippen LogP contribution in [0.4, 0.5) is 20.2 Å². The third-order valence-corrected chi connectivity index (χ3v) is 6.16. The molecule has 0 saturated carbocycles. The first-order valence-corrected chi connectivity index (χ1v) is 10.8. The van der Waals surface area contributed by atoms with E-state index in [-0.39, 0.29) is 28.7 Å². The maximum Gasteiger partial charge on any atom is 0.387 e. The van der Waals surface area contributed by atoms with E-state index in [1.165, 1.54) is 18.2 Å². The van der Waals surface area contributed by atoms with E-state index in [9.17, 15) is 17.2 Å². The molecule has 166 valence electrons. The van der Waals surface area contributed by atoms with Crippen molar-refractivity contribution in [2.45, 2.75) is 38.3 Å². The summed E-state index contributed by atoms with van der Waals surface area (Å²) in [4.78, 5) is 2.21. The molecule has 2 aromatic rings. The molecule has 0 aliphatic carbocycles. The summed E-state index contributed by atoms with van der Waals surface area (Å²) in [7, 11) is -4.00.